The second kappa shape index (κ2) is 3.81. The first-order chi connectivity index (χ1) is 7.18. The summed E-state index contributed by atoms with van der Waals surface area (Å²) in [6.45, 7) is 1.89. The fraction of sp³-hybridized carbons (Fsp3) is 0.364. The zero-order valence-electron chi connectivity index (χ0n) is 8.40. The van der Waals surface area contributed by atoms with E-state index in [2.05, 4.69) is 0 Å². The van der Waals surface area contributed by atoms with Crippen molar-refractivity contribution in [3.63, 3.8) is 0 Å². The van der Waals surface area contributed by atoms with Crippen LogP contribution in [0.2, 0.25) is 0 Å². The lowest BCUT2D eigenvalue weighted by Crippen LogP contribution is -2.12. The van der Waals surface area contributed by atoms with Crippen molar-refractivity contribution in [2.75, 3.05) is 6.79 Å². The van der Waals surface area contributed by atoms with Crippen LogP contribution in [-0.4, -0.2) is 17.9 Å². The Balaban J connectivity index is 2.22. The third kappa shape index (κ3) is 1.88. The van der Waals surface area contributed by atoms with E-state index >= 15 is 0 Å². The Morgan fingerprint density at radius 3 is 3.07 bits per heavy atom. The number of hydrogen-bond donors (Lipinski definition) is 1. The molecule has 2 rings (SSSR count). The quantitative estimate of drug-likeness (QED) is 0.821. The number of rotatable bonds is 3. The van der Waals surface area contributed by atoms with Gasteiger partial charge in [-0.25, -0.2) is 0 Å². The summed E-state index contributed by atoms with van der Waals surface area (Å²) in [7, 11) is 0. The normalized spacial score (nSPS) is 15.0. The zero-order chi connectivity index (χ0) is 10.8. The van der Waals surface area contributed by atoms with Gasteiger partial charge in [-0.1, -0.05) is 19.1 Å². The molecule has 1 heterocycles. The number of carbonyl (C=O) groups is 1. The minimum atomic E-state index is -0.800. The summed E-state index contributed by atoms with van der Waals surface area (Å²) in [4.78, 5) is 10.7. The van der Waals surface area contributed by atoms with Gasteiger partial charge in [0.15, 0.2) is 11.5 Å². The third-order valence-electron chi connectivity index (χ3n) is 2.43. The van der Waals surface area contributed by atoms with Gasteiger partial charge in [-0.3, -0.25) is 4.79 Å². The summed E-state index contributed by atoms with van der Waals surface area (Å²) >= 11 is 0. The molecule has 0 spiro atoms. The minimum absolute atomic E-state index is 0.216. The van der Waals surface area contributed by atoms with Crippen LogP contribution in [0.1, 0.15) is 12.5 Å². The highest BCUT2D eigenvalue weighted by molar-refractivity contribution is 5.70. The summed E-state index contributed by atoms with van der Waals surface area (Å²) in [6.07, 6.45) is 0.460. The maximum atomic E-state index is 10.7. The highest BCUT2D eigenvalue weighted by atomic mass is 16.7. The zero-order valence-corrected chi connectivity index (χ0v) is 8.40. The van der Waals surface area contributed by atoms with Crippen LogP contribution in [0.15, 0.2) is 18.2 Å². The Bertz CT molecular complexity index is 386. The van der Waals surface area contributed by atoms with Crippen molar-refractivity contribution in [2.24, 2.45) is 5.92 Å². The molecule has 0 saturated carbocycles. The van der Waals surface area contributed by atoms with Crippen LogP contribution in [0.5, 0.6) is 11.5 Å². The van der Waals surface area contributed by atoms with Gasteiger partial charge in [0.1, 0.15) is 0 Å². The molecule has 1 aliphatic heterocycles. The third-order valence-corrected chi connectivity index (χ3v) is 2.43. The van der Waals surface area contributed by atoms with Gasteiger partial charge in [-0.2, -0.15) is 0 Å². The van der Waals surface area contributed by atoms with E-state index < -0.39 is 11.9 Å². The molecule has 0 unspecified atom stereocenters. The van der Waals surface area contributed by atoms with E-state index in [4.69, 9.17) is 14.6 Å². The smallest absolute Gasteiger partial charge is 0.306 e. The fourth-order valence-corrected chi connectivity index (χ4v) is 1.57. The van der Waals surface area contributed by atoms with E-state index in [-0.39, 0.29) is 6.79 Å². The SMILES string of the molecule is C[C@@H](Cc1cccc2c1OCO2)C(=O)O. The maximum Gasteiger partial charge on any atom is 0.306 e. The van der Waals surface area contributed by atoms with Crippen LogP contribution in [0.25, 0.3) is 0 Å². The Kier molecular flexibility index (Phi) is 2.49. The average Bonchev–Trinajstić information content (AvgIpc) is 2.66. The van der Waals surface area contributed by atoms with Gasteiger partial charge in [0.25, 0.3) is 0 Å². The van der Waals surface area contributed by atoms with Gasteiger partial charge in [-0.05, 0) is 18.1 Å². The lowest BCUT2D eigenvalue weighted by atomic mass is 10.0. The first kappa shape index (κ1) is 9.83. The molecule has 0 radical (unpaired) electrons. The second-order valence-electron chi connectivity index (χ2n) is 3.59. The lowest BCUT2D eigenvalue weighted by molar-refractivity contribution is -0.141. The first-order valence-electron chi connectivity index (χ1n) is 4.79. The summed E-state index contributed by atoms with van der Waals surface area (Å²) in [5.74, 6) is 0.169. The molecule has 1 aromatic carbocycles. The van der Waals surface area contributed by atoms with Gasteiger partial charge in [0.2, 0.25) is 6.79 Å². The van der Waals surface area contributed by atoms with Gasteiger partial charge >= 0.3 is 5.97 Å². The topological polar surface area (TPSA) is 55.8 Å². The van der Waals surface area contributed by atoms with Crippen molar-refractivity contribution in [1.82, 2.24) is 0 Å². The monoisotopic (exact) mass is 208 g/mol. The average molecular weight is 208 g/mol. The Hall–Kier alpha value is -1.71. The van der Waals surface area contributed by atoms with Crippen LogP contribution in [0, 0.1) is 5.92 Å². The molecule has 0 bridgehead atoms. The molecule has 4 nitrogen and oxygen atoms in total. The molecule has 4 heteroatoms. The number of ether oxygens (including phenoxy) is 2. The summed E-state index contributed by atoms with van der Waals surface area (Å²) in [5.41, 5.74) is 0.889. The number of para-hydroxylation sites is 1. The van der Waals surface area contributed by atoms with Crippen molar-refractivity contribution >= 4 is 5.97 Å². The molecule has 15 heavy (non-hydrogen) atoms. The van der Waals surface area contributed by atoms with Gasteiger partial charge < -0.3 is 14.6 Å². The van der Waals surface area contributed by atoms with Crippen LogP contribution in [-0.2, 0) is 11.2 Å². The molecule has 1 aliphatic rings. The van der Waals surface area contributed by atoms with Crippen molar-refractivity contribution in [3.05, 3.63) is 23.8 Å². The Morgan fingerprint density at radius 2 is 2.33 bits per heavy atom. The highest BCUT2D eigenvalue weighted by Crippen LogP contribution is 2.36. The van der Waals surface area contributed by atoms with Crippen molar-refractivity contribution < 1.29 is 19.4 Å². The molecule has 0 saturated heterocycles. The van der Waals surface area contributed by atoms with E-state index in [0.29, 0.717) is 17.9 Å². The molecular formula is C11H12O4. The Morgan fingerprint density at radius 1 is 1.53 bits per heavy atom. The van der Waals surface area contributed by atoms with Crippen LogP contribution in [0.3, 0.4) is 0 Å². The predicted octanol–water partition coefficient (Wildman–Crippen LogP) is 1.68. The minimum Gasteiger partial charge on any atom is -0.481 e. The molecule has 1 atom stereocenters. The van der Waals surface area contributed by atoms with Crippen molar-refractivity contribution in [2.45, 2.75) is 13.3 Å². The maximum absolute atomic E-state index is 10.7. The lowest BCUT2D eigenvalue weighted by Gasteiger charge is -2.08. The molecule has 1 N–H and O–H groups in total. The fourth-order valence-electron chi connectivity index (χ4n) is 1.57. The number of carboxylic acid groups (broad SMARTS) is 1. The van der Waals surface area contributed by atoms with Crippen molar-refractivity contribution in [3.8, 4) is 11.5 Å². The molecular weight excluding hydrogens is 196 g/mol. The highest BCUT2D eigenvalue weighted by Gasteiger charge is 2.20. The van der Waals surface area contributed by atoms with E-state index in [1.54, 1.807) is 6.92 Å². The molecule has 0 amide bonds. The van der Waals surface area contributed by atoms with Crippen LogP contribution >= 0.6 is 0 Å². The summed E-state index contributed by atoms with van der Waals surface area (Å²) in [6, 6.07) is 5.53. The number of aliphatic carboxylic acids is 1. The first-order valence-corrected chi connectivity index (χ1v) is 4.79. The van der Waals surface area contributed by atoms with E-state index in [9.17, 15) is 4.79 Å². The standard InChI is InChI=1S/C11H12O4/c1-7(11(12)13)5-8-3-2-4-9-10(8)15-6-14-9/h2-4,7H,5-6H2,1H3,(H,12,13)/t7-/m0/s1. The van der Waals surface area contributed by atoms with Gasteiger partial charge in [0.05, 0.1) is 5.92 Å². The predicted molar refractivity (Wildman–Crippen MR) is 53.1 cm³/mol. The summed E-state index contributed by atoms with van der Waals surface area (Å²) < 4.78 is 10.5. The van der Waals surface area contributed by atoms with Crippen LogP contribution in [0.4, 0.5) is 0 Å². The van der Waals surface area contributed by atoms with Gasteiger partial charge in [-0.15, -0.1) is 0 Å². The number of fused-ring (bicyclic) bond motifs is 1. The van der Waals surface area contributed by atoms with Gasteiger partial charge in [0, 0.05) is 0 Å². The largest absolute Gasteiger partial charge is 0.481 e. The van der Waals surface area contributed by atoms with E-state index in [0.717, 1.165) is 5.56 Å². The van der Waals surface area contributed by atoms with Crippen molar-refractivity contribution in [1.29, 1.82) is 0 Å². The Labute approximate surface area is 87.4 Å². The number of hydrogen-bond acceptors (Lipinski definition) is 3. The molecule has 0 aliphatic carbocycles. The second-order valence-corrected chi connectivity index (χ2v) is 3.59. The van der Waals surface area contributed by atoms with E-state index in [1.807, 2.05) is 18.2 Å². The van der Waals surface area contributed by atoms with Crippen LogP contribution < -0.4 is 9.47 Å². The van der Waals surface area contributed by atoms with E-state index in [1.165, 1.54) is 0 Å². The molecule has 1 aromatic rings. The number of carboxylic acids is 1. The number of benzene rings is 1. The molecule has 0 aromatic heterocycles. The summed E-state index contributed by atoms with van der Waals surface area (Å²) in [5, 5.41) is 8.82. The molecule has 0 fully saturated rings. The molecule has 80 valence electrons.